The van der Waals surface area contributed by atoms with Crippen LogP contribution in [0.2, 0.25) is 0 Å². The summed E-state index contributed by atoms with van der Waals surface area (Å²) in [5, 5.41) is 11.4. The Morgan fingerprint density at radius 2 is 2.05 bits per heavy atom. The second-order valence-electron chi connectivity index (χ2n) is 3.98. The van der Waals surface area contributed by atoms with Gasteiger partial charge >= 0.3 is 5.97 Å². The number of carbonyl (C=O) groups is 2. The summed E-state index contributed by atoms with van der Waals surface area (Å²) >= 11 is 4.83. The first-order chi connectivity index (χ1) is 9.52. The van der Waals surface area contributed by atoms with E-state index in [1.807, 2.05) is 6.26 Å². The zero-order chi connectivity index (χ0) is 15.0. The fourth-order valence-corrected chi connectivity index (χ4v) is 2.14. The Labute approximate surface area is 130 Å². The highest BCUT2D eigenvalue weighted by atomic mass is 79.9. The van der Waals surface area contributed by atoms with Gasteiger partial charge in [0.15, 0.2) is 6.61 Å². The maximum absolute atomic E-state index is 11.6. The molecule has 0 aliphatic heterocycles. The Hall–Kier alpha value is -1.21. The molecule has 0 fully saturated rings. The SMILES string of the molecule is CSCCC(NC(=O)COc1ccc(Br)cc1)C(=O)O. The van der Waals surface area contributed by atoms with Crippen molar-refractivity contribution in [3.8, 4) is 5.75 Å². The van der Waals surface area contributed by atoms with Crippen molar-refractivity contribution < 1.29 is 19.4 Å². The number of rotatable bonds is 8. The molecule has 0 heterocycles. The highest BCUT2D eigenvalue weighted by Gasteiger charge is 2.19. The Morgan fingerprint density at radius 3 is 2.60 bits per heavy atom. The number of thioether (sulfide) groups is 1. The van der Waals surface area contributed by atoms with E-state index in [2.05, 4.69) is 21.2 Å². The summed E-state index contributed by atoms with van der Waals surface area (Å²) in [5.41, 5.74) is 0. The molecule has 0 saturated carbocycles. The first-order valence-electron chi connectivity index (χ1n) is 5.92. The largest absolute Gasteiger partial charge is 0.484 e. The van der Waals surface area contributed by atoms with Gasteiger partial charge in [0.1, 0.15) is 11.8 Å². The van der Waals surface area contributed by atoms with Crippen LogP contribution in [0.1, 0.15) is 6.42 Å². The average molecular weight is 362 g/mol. The Bertz CT molecular complexity index is 452. The number of carbonyl (C=O) groups excluding carboxylic acids is 1. The molecule has 0 spiro atoms. The van der Waals surface area contributed by atoms with Crippen LogP contribution in [-0.4, -0.2) is 41.6 Å². The fraction of sp³-hybridized carbons (Fsp3) is 0.385. The smallest absolute Gasteiger partial charge is 0.326 e. The number of hydrogen-bond donors (Lipinski definition) is 2. The lowest BCUT2D eigenvalue weighted by molar-refractivity contribution is -0.142. The van der Waals surface area contributed by atoms with Crippen molar-refractivity contribution in [2.24, 2.45) is 0 Å². The van der Waals surface area contributed by atoms with Gasteiger partial charge in [-0.25, -0.2) is 4.79 Å². The van der Waals surface area contributed by atoms with E-state index in [-0.39, 0.29) is 6.61 Å². The van der Waals surface area contributed by atoms with Crippen molar-refractivity contribution in [2.75, 3.05) is 18.6 Å². The van der Waals surface area contributed by atoms with Crippen molar-refractivity contribution in [1.82, 2.24) is 5.32 Å². The highest BCUT2D eigenvalue weighted by molar-refractivity contribution is 9.10. The van der Waals surface area contributed by atoms with E-state index in [0.717, 1.165) is 4.47 Å². The number of hydrogen-bond acceptors (Lipinski definition) is 4. The molecule has 0 aliphatic carbocycles. The molecular formula is C13H16BrNO4S. The number of nitrogens with one attached hydrogen (secondary N) is 1. The lowest BCUT2D eigenvalue weighted by Gasteiger charge is -2.14. The molecule has 1 unspecified atom stereocenters. The van der Waals surface area contributed by atoms with E-state index in [0.29, 0.717) is 17.9 Å². The van der Waals surface area contributed by atoms with Gasteiger partial charge in [-0.05, 0) is 42.7 Å². The number of aliphatic carboxylic acids is 1. The summed E-state index contributed by atoms with van der Waals surface area (Å²) in [6.45, 7) is -0.204. The van der Waals surface area contributed by atoms with Crippen molar-refractivity contribution in [2.45, 2.75) is 12.5 Å². The lowest BCUT2D eigenvalue weighted by atomic mass is 10.2. The summed E-state index contributed by atoms with van der Waals surface area (Å²) in [6, 6.07) is 6.17. The molecule has 1 aromatic rings. The van der Waals surface area contributed by atoms with Crippen molar-refractivity contribution >= 4 is 39.6 Å². The third-order valence-electron chi connectivity index (χ3n) is 2.43. The van der Waals surface area contributed by atoms with Crippen molar-refractivity contribution in [1.29, 1.82) is 0 Å². The van der Waals surface area contributed by atoms with Crippen LogP contribution in [0, 0.1) is 0 Å². The number of ether oxygens (including phenoxy) is 1. The zero-order valence-electron chi connectivity index (χ0n) is 11.0. The monoisotopic (exact) mass is 361 g/mol. The van der Waals surface area contributed by atoms with Gasteiger partial charge in [0.05, 0.1) is 0 Å². The Morgan fingerprint density at radius 1 is 1.40 bits per heavy atom. The molecule has 1 amide bonds. The van der Waals surface area contributed by atoms with E-state index in [1.165, 1.54) is 11.8 Å². The minimum absolute atomic E-state index is 0.204. The van der Waals surface area contributed by atoms with Crippen LogP contribution < -0.4 is 10.1 Å². The van der Waals surface area contributed by atoms with Crippen LogP contribution in [0.25, 0.3) is 0 Å². The molecule has 0 aliphatic rings. The van der Waals surface area contributed by atoms with E-state index in [9.17, 15) is 9.59 Å². The quantitative estimate of drug-likeness (QED) is 0.741. The molecule has 20 heavy (non-hydrogen) atoms. The van der Waals surface area contributed by atoms with Crippen molar-refractivity contribution in [3.05, 3.63) is 28.7 Å². The van der Waals surface area contributed by atoms with Gasteiger partial charge in [0.2, 0.25) is 0 Å². The van der Waals surface area contributed by atoms with Gasteiger partial charge in [-0.3, -0.25) is 4.79 Å². The van der Waals surface area contributed by atoms with Crippen LogP contribution in [0.4, 0.5) is 0 Å². The second kappa shape index (κ2) is 8.86. The van der Waals surface area contributed by atoms with Crippen LogP contribution in [-0.2, 0) is 9.59 Å². The van der Waals surface area contributed by atoms with Crippen LogP contribution in [0.3, 0.4) is 0 Å². The Kier molecular flexibility index (Phi) is 7.46. The fourth-order valence-electron chi connectivity index (χ4n) is 1.41. The average Bonchev–Trinajstić information content (AvgIpc) is 2.42. The van der Waals surface area contributed by atoms with Gasteiger partial charge in [-0.15, -0.1) is 0 Å². The molecule has 1 aromatic carbocycles. The van der Waals surface area contributed by atoms with Crippen molar-refractivity contribution in [3.63, 3.8) is 0 Å². The van der Waals surface area contributed by atoms with E-state index in [1.54, 1.807) is 24.3 Å². The minimum atomic E-state index is -1.03. The predicted molar refractivity (Wildman–Crippen MR) is 82.2 cm³/mol. The second-order valence-corrected chi connectivity index (χ2v) is 5.88. The summed E-state index contributed by atoms with van der Waals surface area (Å²) in [7, 11) is 0. The van der Waals surface area contributed by atoms with E-state index < -0.39 is 17.9 Å². The molecular weight excluding hydrogens is 346 g/mol. The highest BCUT2D eigenvalue weighted by Crippen LogP contribution is 2.15. The Balaban J connectivity index is 2.41. The van der Waals surface area contributed by atoms with Crippen LogP contribution >= 0.6 is 27.7 Å². The zero-order valence-corrected chi connectivity index (χ0v) is 13.4. The van der Waals surface area contributed by atoms with Crippen LogP contribution in [0.5, 0.6) is 5.75 Å². The van der Waals surface area contributed by atoms with E-state index in [4.69, 9.17) is 9.84 Å². The predicted octanol–water partition coefficient (Wildman–Crippen LogP) is 2.15. The van der Waals surface area contributed by atoms with Gasteiger partial charge in [0, 0.05) is 4.47 Å². The van der Waals surface area contributed by atoms with Gasteiger partial charge in [-0.1, -0.05) is 15.9 Å². The number of halogens is 1. The standard InChI is InChI=1S/C13H16BrNO4S/c1-20-7-6-11(13(17)18)15-12(16)8-19-10-4-2-9(14)3-5-10/h2-5,11H,6-8H2,1H3,(H,15,16)(H,17,18). The maximum atomic E-state index is 11.6. The summed E-state index contributed by atoms with van der Waals surface area (Å²) in [4.78, 5) is 22.6. The third kappa shape index (κ3) is 6.29. The molecule has 5 nitrogen and oxygen atoms in total. The molecule has 2 N–H and O–H groups in total. The molecule has 110 valence electrons. The summed E-state index contributed by atoms with van der Waals surface area (Å²) < 4.78 is 6.19. The molecule has 1 atom stereocenters. The number of carboxylic acids is 1. The first-order valence-corrected chi connectivity index (χ1v) is 8.11. The normalized spacial score (nSPS) is 11.7. The van der Waals surface area contributed by atoms with Gasteiger partial charge < -0.3 is 15.2 Å². The number of carboxylic acid groups (broad SMARTS) is 1. The molecule has 0 saturated heterocycles. The number of amides is 1. The maximum Gasteiger partial charge on any atom is 0.326 e. The summed E-state index contributed by atoms with van der Waals surface area (Å²) in [5.74, 6) is -0.248. The number of benzene rings is 1. The van der Waals surface area contributed by atoms with Gasteiger partial charge in [0.25, 0.3) is 5.91 Å². The third-order valence-corrected chi connectivity index (χ3v) is 3.60. The summed E-state index contributed by atoms with van der Waals surface area (Å²) in [6.07, 6.45) is 2.28. The molecule has 0 aromatic heterocycles. The molecule has 0 bridgehead atoms. The molecule has 1 rings (SSSR count). The first kappa shape index (κ1) is 16.8. The molecule has 7 heteroatoms. The molecule has 0 radical (unpaired) electrons. The minimum Gasteiger partial charge on any atom is -0.484 e. The van der Waals surface area contributed by atoms with Crippen LogP contribution in [0.15, 0.2) is 28.7 Å². The lowest BCUT2D eigenvalue weighted by Crippen LogP contribution is -2.43. The topological polar surface area (TPSA) is 75.6 Å². The van der Waals surface area contributed by atoms with E-state index >= 15 is 0 Å². The van der Waals surface area contributed by atoms with Gasteiger partial charge in [-0.2, -0.15) is 11.8 Å².